The van der Waals surface area contributed by atoms with E-state index < -0.39 is 24.5 Å². The van der Waals surface area contributed by atoms with Gasteiger partial charge in [-0.15, -0.1) is 0 Å². The zero-order valence-corrected chi connectivity index (χ0v) is 13.5. The van der Waals surface area contributed by atoms with Gasteiger partial charge in [0.2, 0.25) is 5.78 Å². The van der Waals surface area contributed by atoms with Crippen molar-refractivity contribution in [3.05, 3.63) is 66.1 Å². The zero-order valence-electron chi connectivity index (χ0n) is 13.5. The van der Waals surface area contributed by atoms with Crippen molar-refractivity contribution in [2.75, 3.05) is 6.61 Å². The molecule has 128 valence electrons. The van der Waals surface area contributed by atoms with E-state index in [1.165, 1.54) is 25.1 Å². The molecule has 25 heavy (non-hydrogen) atoms. The van der Waals surface area contributed by atoms with Crippen molar-refractivity contribution in [1.82, 2.24) is 4.98 Å². The minimum absolute atomic E-state index is 0.215. The summed E-state index contributed by atoms with van der Waals surface area (Å²) in [5.41, 5.74) is 1.29. The number of Topliss-reactive ketones (excluding diaryl/α,β-unsaturated/α-hetero) is 1. The van der Waals surface area contributed by atoms with Crippen molar-refractivity contribution < 1.29 is 23.5 Å². The van der Waals surface area contributed by atoms with Gasteiger partial charge < -0.3 is 14.5 Å². The Hall–Kier alpha value is -3.15. The molecule has 0 unspecified atom stereocenters. The van der Waals surface area contributed by atoms with E-state index in [4.69, 9.17) is 9.47 Å². The molecule has 5 nitrogen and oxygen atoms in total. The van der Waals surface area contributed by atoms with Crippen LogP contribution in [0.15, 0.2) is 54.7 Å². The van der Waals surface area contributed by atoms with Crippen LogP contribution in [0.25, 0.3) is 10.9 Å². The van der Waals surface area contributed by atoms with Gasteiger partial charge in [-0.2, -0.15) is 0 Å². The minimum Gasteiger partial charge on any atom is -0.482 e. The Morgan fingerprint density at radius 1 is 1.16 bits per heavy atom. The normalized spacial score (nSPS) is 11.9. The summed E-state index contributed by atoms with van der Waals surface area (Å²) in [7, 11) is 0. The zero-order chi connectivity index (χ0) is 17.8. The van der Waals surface area contributed by atoms with E-state index in [1.807, 2.05) is 24.3 Å². The van der Waals surface area contributed by atoms with E-state index in [0.717, 1.165) is 17.0 Å². The average Bonchev–Trinajstić information content (AvgIpc) is 3.03. The van der Waals surface area contributed by atoms with Crippen molar-refractivity contribution in [3.63, 3.8) is 0 Å². The van der Waals surface area contributed by atoms with Crippen LogP contribution >= 0.6 is 0 Å². The number of aromatic nitrogens is 1. The van der Waals surface area contributed by atoms with Crippen molar-refractivity contribution in [2.45, 2.75) is 13.0 Å². The fourth-order valence-corrected chi connectivity index (χ4v) is 2.48. The van der Waals surface area contributed by atoms with Gasteiger partial charge in [-0.25, -0.2) is 9.18 Å². The van der Waals surface area contributed by atoms with Gasteiger partial charge in [0.15, 0.2) is 12.7 Å². The van der Waals surface area contributed by atoms with Gasteiger partial charge in [0.05, 0.1) is 0 Å². The number of hydrogen-bond donors (Lipinski definition) is 1. The maximum absolute atomic E-state index is 13.0. The second-order valence-electron chi connectivity index (χ2n) is 5.49. The summed E-state index contributed by atoms with van der Waals surface area (Å²) in [4.78, 5) is 27.3. The molecule has 1 N–H and O–H groups in total. The lowest BCUT2D eigenvalue weighted by Crippen LogP contribution is -2.27. The van der Waals surface area contributed by atoms with Crippen LogP contribution in [-0.4, -0.2) is 29.4 Å². The molecule has 6 heteroatoms. The highest BCUT2D eigenvalue weighted by atomic mass is 19.1. The Bertz CT molecular complexity index is 918. The molecule has 1 heterocycles. The molecule has 1 aromatic heterocycles. The monoisotopic (exact) mass is 341 g/mol. The number of ketones is 1. The highest BCUT2D eigenvalue weighted by molar-refractivity contribution is 6.10. The molecule has 0 aliphatic rings. The Morgan fingerprint density at radius 3 is 2.76 bits per heavy atom. The molecule has 0 radical (unpaired) electrons. The Kier molecular flexibility index (Phi) is 4.79. The van der Waals surface area contributed by atoms with Gasteiger partial charge >= 0.3 is 5.97 Å². The first-order valence-electron chi connectivity index (χ1n) is 7.73. The molecule has 0 bridgehead atoms. The number of halogens is 1. The number of ether oxygens (including phenoxy) is 2. The smallest absolute Gasteiger partial charge is 0.344 e. The van der Waals surface area contributed by atoms with Crippen molar-refractivity contribution in [2.24, 2.45) is 0 Å². The molecule has 0 saturated heterocycles. The van der Waals surface area contributed by atoms with Crippen LogP contribution in [0, 0.1) is 5.82 Å². The summed E-state index contributed by atoms with van der Waals surface area (Å²) < 4.78 is 23.3. The van der Waals surface area contributed by atoms with Gasteiger partial charge in [-0.1, -0.05) is 24.3 Å². The van der Waals surface area contributed by atoms with Crippen LogP contribution in [0.2, 0.25) is 0 Å². The Balaban J connectivity index is 1.60. The molecular formula is C19H16FNO4. The molecule has 0 aliphatic heterocycles. The number of esters is 1. The van der Waals surface area contributed by atoms with Crippen LogP contribution in [0.4, 0.5) is 4.39 Å². The van der Waals surface area contributed by atoms with Gasteiger partial charge in [-0.3, -0.25) is 4.79 Å². The number of benzene rings is 2. The van der Waals surface area contributed by atoms with Crippen LogP contribution in [0.3, 0.4) is 0 Å². The van der Waals surface area contributed by atoms with Crippen molar-refractivity contribution in [1.29, 1.82) is 0 Å². The van der Waals surface area contributed by atoms with Gasteiger partial charge in [-0.05, 0) is 25.1 Å². The van der Waals surface area contributed by atoms with Crippen LogP contribution in [0.1, 0.15) is 17.3 Å². The quantitative estimate of drug-likeness (QED) is 0.550. The van der Waals surface area contributed by atoms with E-state index in [9.17, 15) is 14.0 Å². The van der Waals surface area contributed by atoms with E-state index in [0.29, 0.717) is 5.56 Å². The molecule has 0 amide bonds. The average molecular weight is 341 g/mol. The SMILES string of the molecule is C[C@H](OC(=O)COc1cccc(F)c1)C(=O)c1c[nH]c2ccccc12. The first-order valence-corrected chi connectivity index (χ1v) is 7.73. The molecular weight excluding hydrogens is 325 g/mol. The molecule has 3 rings (SSSR count). The number of hydrogen-bond acceptors (Lipinski definition) is 4. The standard InChI is InChI=1S/C19H16FNO4/c1-12(19(23)16-10-21-17-8-3-2-7-15(16)17)25-18(22)11-24-14-6-4-5-13(20)9-14/h2-10,12,21H,11H2,1H3/t12-/m0/s1. The van der Waals surface area contributed by atoms with Gasteiger partial charge in [0, 0.05) is 28.7 Å². The number of nitrogens with one attached hydrogen (secondary N) is 1. The largest absolute Gasteiger partial charge is 0.482 e. The summed E-state index contributed by atoms with van der Waals surface area (Å²) in [5, 5.41) is 0.770. The summed E-state index contributed by atoms with van der Waals surface area (Å²) in [6.45, 7) is 1.10. The lowest BCUT2D eigenvalue weighted by atomic mass is 10.1. The van der Waals surface area contributed by atoms with Crippen LogP contribution in [0.5, 0.6) is 5.75 Å². The highest BCUT2D eigenvalue weighted by Crippen LogP contribution is 2.20. The lowest BCUT2D eigenvalue weighted by molar-refractivity contribution is -0.148. The topological polar surface area (TPSA) is 68.4 Å². The summed E-state index contributed by atoms with van der Waals surface area (Å²) in [5.74, 6) is -1.26. The maximum Gasteiger partial charge on any atom is 0.344 e. The number of rotatable bonds is 6. The van der Waals surface area contributed by atoms with Gasteiger partial charge in [0.25, 0.3) is 0 Å². The molecule has 2 aromatic carbocycles. The third-order valence-electron chi connectivity index (χ3n) is 3.68. The molecule has 1 atom stereocenters. The summed E-state index contributed by atoms with van der Waals surface area (Å²) in [6.07, 6.45) is 0.642. The Labute approximate surface area is 143 Å². The number of para-hydroxylation sites is 1. The van der Waals surface area contributed by atoms with E-state index in [1.54, 1.807) is 6.20 Å². The van der Waals surface area contributed by atoms with Crippen molar-refractivity contribution >= 4 is 22.7 Å². The number of carbonyl (C=O) groups excluding carboxylic acids is 2. The fraction of sp³-hybridized carbons (Fsp3) is 0.158. The van der Waals surface area contributed by atoms with Gasteiger partial charge in [0.1, 0.15) is 11.6 Å². The fourth-order valence-electron chi connectivity index (χ4n) is 2.48. The predicted molar refractivity (Wildman–Crippen MR) is 90.1 cm³/mol. The predicted octanol–water partition coefficient (Wildman–Crippen LogP) is 3.50. The molecule has 0 aliphatic carbocycles. The second kappa shape index (κ2) is 7.17. The maximum atomic E-state index is 13.0. The van der Waals surface area contributed by atoms with Crippen LogP contribution in [-0.2, 0) is 9.53 Å². The number of H-pyrrole nitrogens is 1. The second-order valence-corrected chi connectivity index (χ2v) is 5.49. The number of aromatic amines is 1. The third kappa shape index (κ3) is 3.85. The summed E-state index contributed by atoms with van der Waals surface area (Å²) in [6, 6.07) is 12.8. The molecule has 0 fully saturated rings. The molecule has 3 aromatic rings. The first-order chi connectivity index (χ1) is 12.0. The third-order valence-corrected chi connectivity index (χ3v) is 3.68. The number of fused-ring (bicyclic) bond motifs is 1. The summed E-state index contributed by atoms with van der Waals surface area (Å²) >= 11 is 0. The molecule has 0 spiro atoms. The lowest BCUT2D eigenvalue weighted by Gasteiger charge is -2.12. The van der Waals surface area contributed by atoms with Crippen molar-refractivity contribution in [3.8, 4) is 5.75 Å². The molecule has 0 saturated carbocycles. The minimum atomic E-state index is -0.956. The Morgan fingerprint density at radius 2 is 1.96 bits per heavy atom. The van der Waals surface area contributed by atoms with E-state index >= 15 is 0 Å². The van der Waals surface area contributed by atoms with Crippen LogP contribution < -0.4 is 4.74 Å². The number of carbonyl (C=O) groups is 2. The highest BCUT2D eigenvalue weighted by Gasteiger charge is 2.22. The van der Waals surface area contributed by atoms with E-state index in [-0.39, 0.29) is 11.5 Å². The van der Waals surface area contributed by atoms with E-state index in [2.05, 4.69) is 4.98 Å². The first kappa shape index (κ1) is 16.7.